The lowest BCUT2D eigenvalue weighted by Gasteiger charge is -2.18. The fraction of sp³-hybridized carbons (Fsp3) is 0.455. The third-order valence-corrected chi connectivity index (χ3v) is 3.92. The van der Waals surface area contributed by atoms with Gasteiger partial charge < -0.3 is 5.11 Å². The molecule has 14 heavy (non-hydrogen) atoms. The molecule has 0 amide bonds. The van der Waals surface area contributed by atoms with Crippen LogP contribution in [-0.2, 0) is 0 Å². The molecule has 1 atom stereocenters. The van der Waals surface area contributed by atoms with Crippen molar-refractivity contribution in [3.8, 4) is 5.75 Å². The average Bonchev–Trinajstić information content (AvgIpc) is 2.46. The number of thioether (sulfide) groups is 1. The molecule has 0 bridgehead atoms. The quantitative estimate of drug-likeness (QED) is 0.745. The fourth-order valence-corrected chi connectivity index (χ4v) is 3.01. The molecule has 1 aromatic rings. The van der Waals surface area contributed by atoms with E-state index in [0.717, 1.165) is 11.3 Å². The Morgan fingerprint density at radius 2 is 2.29 bits per heavy atom. The molecule has 2 N–H and O–H groups in total. The first-order valence-corrected chi connectivity index (χ1v) is 5.80. The summed E-state index contributed by atoms with van der Waals surface area (Å²) in [6, 6.07) is 7.46. The summed E-state index contributed by atoms with van der Waals surface area (Å²) in [7, 11) is 0. The van der Waals surface area contributed by atoms with Crippen molar-refractivity contribution in [1.82, 2.24) is 5.32 Å². The van der Waals surface area contributed by atoms with Crippen LogP contribution in [0, 0.1) is 0 Å². The van der Waals surface area contributed by atoms with Crippen LogP contribution >= 0.6 is 11.8 Å². The number of rotatable bonds is 1. The Kier molecular flexibility index (Phi) is 2.45. The van der Waals surface area contributed by atoms with Gasteiger partial charge in [-0.1, -0.05) is 12.1 Å². The van der Waals surface area contributed by atoms with Crippen LogP contribution in [0.4, 0.5) is 0 Å². The Bertz CT molecular complexity index is 338. The molecule has 0 aliphatic carbocycles. The Labute approximate surface area is 88.7 Å². The van der Waals surface area contributed by atoms with Crippen molar-refractivity contribution < 1.29 is 5.11 Å². The van der Waals surface area contributed by atoms with Crippen LogP contribution in [0.3, 0.4) is 0 Å². The summed E-state index contributed by atoms with van der Waals surface area (Å²) >= 11 is 1.89. The van der Waals surface area contributed by atoms with Crippen LogP contribution in [0.2, 0.25) is 0 Å². The normalized spacial score (nSPS) is 25.1. The predicted molar refractivity (Wildman–Crippen MR) is 60.5 cm³/mol. The third kappa shape index (κ3) is 2.04. The van der Waals surface area contributed by atoms with Gasteiger partial charge >= 0.3 is 0 Å². The van der Waals surface area contributed by atoms with Crippen molar-refractivity contribution >= 4 is 11.8 Å². The van der Waals surface area contributed by atoms with Gasteiger partial charge in [-0.3, -0.25) is 5.32 Å². The van der Waals surface area contributed by atoms with Crippen LogP contribution in [0.15, 0.2) is 24.3 Å². The van der Waals surface area contributed by atoms with Crippen molar-refractivity contribution in [2.75, 3.05) is 5.75 Å². The van der Waals surface area contributed by atoms with Gasteiger partial charge in [-0.25, -0.2) is 0 Å². The third-order valence-electron chi connectivity index (χ3n) is 2.31. The smallest absolute Gasteiger partial charge is 0.115 e. The van der Waals surface area contributed by atoms with E-state index in [2.05, 4.69) is 19.2 Å². The number of benzene rings is 1. The topological polar surface area (TPSA) is 32.3 Å². The highest BCUT2D eigenvalue weighted by Gasteiger charge is 2.31. The maximum Gasteiger partial charge on any atom is 0.115 e. The molecule has 1 heterocycles. The van der Waals surface area contributed by atoms with Gasteiger partial charge in [-0.2, -0.15) is 0 Å². The van der Waals surface area contributed by atoms with Gasteiger partial charge in [0.25, 0.3) is 0 Å². The van der Waals surface area contributed by atoms with Crippen LogP contribution in [0.1, 0.15) is 24.8 Å². The molecule has 0 radical (unpaired) electrons. The minimum absolute atomic E-state index is 0.195. The molecule has 2 rings (SSSR count). The lowest BCUT2D eigenvalue weighted by Crippen LogP contribution is -2.35. The number of phenolic OH excluding ortho intramolecular Hbond substituents is 1. The summed E-state index contributed by atoms with van der Waals surface area (Å²) in [5.41, 5.74) is 1.35. The van der Waals surface area contributed by atoms with E-state index < -0.39 is 0 Å². The van der Waals surface area contributed by atoms with Crippen LogP contribution in [0.25, 0.3) is 0 Å². The zero-order valence-corrected chi connectivity index (χ0v) is 9.27. The molecule has 1 fully saturated rings. The lowest BCUT2D eigenvalue weighted by molar-refractivity contribution is 0.448. The van der Waals surface area contributed by atoms with E-state index >= 15 is 0 Å². The lowest BCUT2D eigenvalue weighted by atomic mass is 10.1. The largest absolute Gasteiger partial charge is 0.508 e. The second kappa shape index (κ2) is 3.48. The number of hydrogen-bond acceptors (Lipinski definition) is 3. The number of aromatic hydroxyl groups is 1. The van der Waals surface area contributed by atoms with E-state index in [0.29, 0.717) is 11.1 Å². The van der Waals surface area contributed by atoms with Crippen molar-refractivity contribution in [2.24, 2.45) is 0 Å². The highest BCUT2D eigenvalue weighted by atomic mass is 32.2. The summed E-state index contributed by atoms with van der Waals surface area (Å²) in [5, 5.41) is 13.2. The molecule has 3 heteroatoms. The van der Waals surface area contributed by atoms with Gasteiger partial charge in [0.1, 0.15) is 5.75 Å². The molecular formula is C11H15NOS. The molecular weight excluding hydrogens is 194 g/mol. The van der Waals surface area contributed by atoms with Crippen molar-refractivity contribution in [3.05, 3.63) is 29.8 Å². The molecule has 2 nitrogen and oxygen atoms in total. The van der Waals surface area contributed by atoms with Crippen LogP contribution in [-0.4, -0.2) is 16.4 Å². The molecule has 0 aromatic heterocycles. The van der Waals surface area contributed by atoms with Gasteiger partial charge in [0.05, 0.1) is 5.37 Å². The second-order valence-electron chi connectivity index (χ2n) is 4.31. The Morgan fingerprint density at radius 1 is 1.50 bits per heavy atom. The molecule has 1 aliphatic heterocycles. The summed E-state index contributed by atoms with van der Waals surface area (Å²) in [6.45, 7) is 4.39. The summed E-state index contributed by atoms with van der Waals surface area (Å²) in [5.74, 6) is 1.45. The number of hydrogen-bond donors (Lipinski definition) is 2. The first-order valence-electron chi connectivity index (χ1n) is 4.75. The van der Waals surface area contributed by atoms with E-state index in [1.165, 1.54) is 0 Å². The summed E-state index contributed by atoms with van der Waals surface area (Å²) in [4.78, 5) is 0. The van der Waals surface area contributed by atoms with E-state index in [4.69, 9.17) is 0 Å². The SMILES string of the molecule is CC1(C)CSC(c2cccc(O)c2)N1. The standard InChI is InChI=1S/C11H15NOS/c1-11(2)7-14-10(12-11)8-4-3-5-9(13)6-8/h3-6,10,12-13H,7H2,1-2H3. The molecule has 1 unspecified atom stereocenters. The molecule has 76 valence electrons. The number of nitrogens with one attached hydrogen (secondary N) is 1. The van der Waals surface area contributed by atoms with Crippen LogP contribution < -0.4 is 5.32 Å². The van der Waals surface area contributed by atoms with Gasteiger partial charge in [-0.05, 0) is 31.5 Å². The molecule has 1 saturated heterocycles. The van der Waals surface area contributed by atoms with Gasteiger partial charge in [0, 0.05) is 11.3 Å². The Hall–Kier alpha value is -0.670. The van der Waals surface area contributed by atoms with Crippen molar-refractivity contribution in [2.45, 2.75) is 24.8 Å². The van der Waals surface area contributed by atoms with Crippen LogP contribution in [0.5, 0.6) is 5.75 Å². The summed E-state index contributed by atoms with van der Waals surface area (Å²) in [6.07, 6.45) is 0. The first kappa shape index (κ1) is 9.87. The first-order chi connectivity index (χ1) is 6.57. The highest BCUT2D eigenvalue weighted by Crippen LogP contribution is 2.37. The van der Waals surface area contributed by atoms with E-state index in [9.17, 15) is 5.11 Å². The van der Waals surface area contributed by atoms with E-state index in [1.807, 2.05) is 30.0 Å². The fourth-order valence-electron chi connectivity index (χ4n) is 1.60. The minimum atomic E-state index is 0.195. The average molecular weight is 209 g/mol. The van der Waals surface area contributed by atoms with E-state index in [-0.39, 0.29) is 5.54 Å². The van der Waals surface area contributed by atoms with Gasteiger partial charge in [0.15, 0.2) is 0 Å². The second-order valence-corrected chi connectivity index (χ2v) is 5.41. The summed E-state index contributed by atoms with van der Waals surface area (Å²) < 4.78 is 0. The zero-order chi connectivity index (χ0) is 10.2. The Morgan fingerprint density at radius 3 is 2.86 bits per heavy atom. The van der Waals surface area contributed by atoms with E-state index in [1.54, 1.807) is 6.07 Å². The van der Waals surface area contributed by atoms with Crippen molar-refractivity contribution in [1.29, 1.82) is 0 Å². The molecule has 1 aromatic carbocycles. The predicted octanol–water partition coefficient (Wildman–Crippen LogP) is 2.51. The maximum absolute atomic E-state index is 9.37. The monoisotopic (exact) mass is 209 g/mol. The molecule has 0 saturated carbocycles. The van der Waals surface area contributed by atoms with Gasteiger partial charge in [-0.15, -0.1) is 11.8 Å². The Balaban J connectivity index is 2.17. The van der Waals surface area contributed by atoms with Gasteiger partial charge in [0.2, 0.25) is 0 Å². The maximum atomic E-state index is 9.37. The minimum Gasteiger partial charge on any atom is -0.508 e. The molecule has 1 aliphatic rings. The highest BCUT2D eigenvalue weighted by molar-refractivity contribution is 7.99. The van der Waals surface area contributed by atoms with Crippen molar-refractivity contribution in [3.63, 3.8) is 0 Å². The zero-order valence-electron chi connectivity index (χ0n) is 8.45. The molecule has 0 spiro atoms. The number of phenols is 1.